The molecule has 2 rings (SSSR count). The fourth-order valence-electron chi connectivity index (χ4n) is 2.40. The van der Waals surface area contributed by atoms with Gasteiger partial charge in [-0.05, 0) is 31.9 Å². The molecule has 0 spiro atoms. The Morgan fingerprint density at radius 3 is 2.84 bits per heavy atom. The van der Waals surface area contributed by atoms with Crippen molar-refractivity contribution in [3.63, 3.8) is 0 Å². The SMILES string of the molecule is CNC(=O)C1(C)CCN(c2nc(Cl)nc(C)c2N)C1. The van der Waals surface area contributed by atoms with Crippen LogP contribution in [0.25, 0.3) is 0 Å². The summed E-state index contributed by atoms with van der Waals surface area (Å²) in [5.41, 5.74) is 6.75. The van der Waals surface area contributed by atoms with Gasteiger partial charge in [-0.3, -0.25) is 4.79 Å². The summed E-state index contributed by atoms with van der Waals surface area (Å²) in [5, 5.41) is 2.88. The number of rotatable bonds is 2. The topological polar surface area (TPSA) is 84.1 Å². The summed E-state index contributed by atoms with van der Waals surface area (Å²) in [6.45, 7) is 5.03. The van der Waals surface area contributed by atoms with Gasteiger partial charge < -0.3 is 16.0 Å². The molecule has 0 aliphatic carbocycles. The zero-order chi connectivity index (χ0) is 14.2. The van der Waals surface area contributed by atoms with Gasteiger partial charge in [0.2, 0.25) is 11.2 Å². The van der Waals surface area contributed by atoms with E-state index in [1.54, 1.807) is 14.0 Å². The first kappa shape index (κ1) is 13.9. The Morgan fingerprint density at radius 1 is 1.53 bits per heavy atom. The van der Waals surface area contributed by atoms with Gasteiger partial charge in [0, 0.05) is 20.1 Å². The van der Waals surface area contributed by atoms with Crippen LogP contribution in [0, 0.1) is 12.3 Å². The van der Waals surface area contributed by atoms with Crippen LogP contribution in [-0.2, 0) is 4.79 Å². The molecule has 2 heterocycles. The number of nitrogens with two attached hydrogens (primary N) is 1. The Balaban J connectivity index is 2.29. The van der Waals surface area contributed by atoms with Crippen LogP contribution >= 0.6 is 11.6 Å². The van der Waals surface area contributed by atoms with E-state index in [2.05, 4.69) is 15.3 Å². The number of aryl methyl sites for hydroxylation is 1. The van der Waals surface area contributed by atoms with Crippen LogP contribution in [0.5, 0.6) is 0 Å². The van der Waals surface area contributed by atoms with E-state index in [4.69, 9.17) is 17.3 Å². The van der Waals surface area contributed by atoms with Gasteiger partial charge in [0.1, 0.15) is 0 Å². The molecule has 1 fully saturated rings. The largest absolute Gasteiger partial charge is 0.394 e. The third-order valence-corrected chi connectivity index (χ3v) is 3.81. The molecule has 1 aromatic rings. The highest BCUT2D eigenvalue weighted by molar-refractivity contribution is 6.28. The highest BCUT2D eigenvalue weighted by Gasteiger charge is 2.40. The second-order valence-corrected chi connectivity index (χ2v) is 5.46. The molecule has 3 N–H and O–H groups in total. The number of aromatic nitrogens is 2. The third-order valence-electron chi connectivity index (χ3n) is 3.64. The monoisotopic (exact) mass is 283 g/mol. The van der Waals surface area contributed by atoms with E-state index in [1.807, 2.05) is 11.8 Å². The van der Waals surface area contributed by atoms with Gasteiger partial charge in [0.05, 0.1) is 16.8 Å². The fraction of sp³-hybridized carbons (Fsp3) is 0.583. The summed E-state index contributed by atoms with van der Waals surface area (Å²) in [5.74, 6) is 0.649. The molecular weight excluding hydrogens is 266 g/mol. The lowest BCUT2D eigenvalue weighted by molar-refractivity contribution is -0.128. The maximum Gasteiger partial charge on any atom is 0.227 e. The lowest BCUT2D eigenvalue weighted by Crippen LogP contribution is -2.39. The minimum absolute atomic E-state index is 0.0328. The number of nitrogens with one attached hydrogen (secondary N) is 1. The highest BCUT2D eigenvalue weighted by atomic mass is 35.5. The predicted molar refractivity (Wildman–Crippen MR) is 75.2 cm³/mol. The number of halogens is 1. The number of hydrogen-bond donors (Lipinski definition) is 2. The Labute approximate surface area is 117 Å². The quantitative estimate of drug-likeness (QED) is 0.791. The molecule has 1 unspecified atom stereocenters. The molecule has 104 valence electrons. The summed E-state index contributed by atoms with van der Waals surface area (Å²) in [6.07, 6.45) is 0.757. The van der Waals surface area contributed by atoms with Gasteiger partial charge in [-0.15, -0.1) is 0 Å². The highest BCUT2D eigenvalue weighted by Crippen LogP contribution is 2.35. The van der Waals surface area contributed by atoms with Gasteiger partial charge in [-0.1, -0.05) is 0 Å². The summed E-state index contributed by atoms with van der Waals surface area (Å²) in [4.78, 5) is 22.1. The van der Waals surface area contributed by atoms with Crippen LogP contribution < -0.4 is 16.0 Å². The lowest BCUT2D eigenvalue weighted by Gasteiger charge is -2.24. The molecule has 1 aliphatic rings. The van der Waals surface area contributed by atoms with Crippen LogP contribution in [-0.4, -0.2) is 36.0 Å². The Bertz CT molecular complexity index is 521. The Kier molecular flexibility index (Phi) is 3.54. The standard InChI is InChI=1S/C12H18ClN5O/c1-7-8(14)9(17-11(13)16-7)18-5-4-12(2,6-18)10(19)15-3/h4-6,14H2,1-3H3,(H,15,19). The zero-order valence-electron chi connectivity index (χ0n) is 11.3. The predicted octanol–water partition coefficient (Wildman–Crippen LogP) is 0.983. The number of hydrogen-bond acceptors (Lipinski definition) is 5. The maximum absolute atomic E-state index is 11.9. The van der Waals surface area contributed by atoms with E-state index in [0.717, 1.165) is 13.0 Å². The van der Waals surface area contributed by atoms with Crippen molar-refractivity contribution in [1.82, 2.24) is 15.3 Å². The lowest BCUT2D eigenvalue weighted by atomic mass is 9.89. The van der Waals surface area contributed by atoms with Crippen molar-refractivity contribution in [3.8, 4) is 0 Å². The van der Waals surface area contributed by atoms with Gasteiger partial charge in [-0.25, -0.2) is 4.98 Å². The van der Waals surface area contributed by atoms with Crippen LogP contribution in [0.2, 0.25) is 5.28 Å². The van der Waals surface area contributed by atoms with E-state index < -0.39 is 5.41 Å². The zero-order valence-corrected chi connectivity index (χ0v) is 12.1. The Hall–Kier alpha value is -1.56. The molecule has 1 amide bonds. The minimum Gasteiger partial charge on any atom is -0.394 e. The molecule has 0 saturated carbocycles. The van der Waals surface area contributed by atoms with Gasteiger partial charge >= 0.3 is 0 Å². The molecule has 1 aromatic heterocycles. The fourth-order valence-corrected chi connectivity index (χ4v) is 2.61. The van der Waals surface area contributed by atoms with E-state index >= 15 is 0 Å². The number of nitrogens with zero attached hydrogens (tertiary/aromatic N) is 3. The molecule has 1 atom stereocenters. The van der Waals surface area contributed by atoms with Crippen LogP contribution in [0.3, 0.4) is 0 Å². The van der Waals surface area contributed by atoms with E-state index in [1.165, 1.54) is 0 Å². The molecule has 6 nitrogen and oxygen atoms in total. The number of nitrogen functional groups attached to an aromatic ring is 1. The Morgan fingerprint density at radius 2 is 2.21 bits per heavy atom. The number of carbonyl (C=O) groups is 1. The molecule has 0 aromatic carbocycles. The van der Waals surface area contributed by atoms with E-state index in [-0.39, 0.29) is 11.2 Å². The van der Waals surface area contributed by atoms with Crippen molar-refractivity contribution in [3.05, 3.63) is 11.0 Å². The van der Waals surface area contributed by atoms with E-state index in [0.29, 0.717) is 23.7 Å². The second kappa shape index (κ2) is 4.85. The van der Waals surface area contributed by atoms with Gasteiger partial charge in [0.15, 0.2) is 5.82 Å². The normalized spacial score (nSPS) is 22.6. The van der Waals surface area contributed by atoms with Crippen LogP contribution in [0.4, 0.5) is 11.5 Å². The number of anilines is 2. The molecule has 0 radical (unpaired) electrons. The van der Waals surface area contributed by atoms with Crippen molar-refractivity contribution >= 4 is 29.0 Å². The molecule has 19 heavy (non-hydrogen) atoms. The van der Waals surface area contributed by atoms with Crippen molar-refractivity contribution in [2.75, 3.05) is 30.8 Å². The first-order valence-corrected chi connectivity index (χ1v) is 6.52. The average molecular weight is 284 g/mol. The first-order chi connectivity index (χ1) is 8.87. The van der Waals surface area contributed by atoms with E-state index in [9.17, 15) is 4.79 Å². The summed E-state index contributed by atoms with van der Waals surface area (Å²) < 4.78 is 0. The molecular formula is C12H18ClN5O. The summed E-state index contributed by atoms with van der Waals surface area (Å²) in [6, 6.07) is 0. The average Bonchev–Trinajstić information content (AvgIpc) is 2.76. The van der Waals surface area contributed by atoms with Crippen molar-refractivity contribution in [2.45, 2.75) is 20.3 Å². The maximum atomic E-state index is 11.9. The third kappa shape index (κ3) is 2.45. The molecule has 0 bridgehead atoms. The van der Waals surface area contributed by atoms with Crippen molar-refractivity contribution in [2.24, 2.45) is 5.41 Å². The molecule has 1 saturated heterocycles. The first-order valence-electron chi connectivity index (χ1n) is 6.14. The smallest absolute Gasteiger partial charge is 0.227 e. The second-order valence-electron chi connectivity index (χ2n) is 5.13. The number of carbonyl (C=O) groups excluding carboxylic acids is 1. The van der Waals surface area contributed by atoms with Crippen molar-refractivity contribution in [1.29, 1.82) is 0 Å². The number of amides is 1. The molecule has 1 aliphatic heterocycles. The molecule has 7 heteroatoms. The van der Waals surface area contributed by atoms with Crippen molar-refractivity contribution < 1.29 is 4.79 Å². The van der Waals surface area contributed by atoms with Gasteiger partial charge in [0.25, 0.3) is 0 Å². The summed E-state index contributed by atoms with van der Waals surface area (Å²) in [7, 11) is 1.65. The van der Waals surface area contributed by atoms with Crippen LogP contribution in [0.15, 0.2) is 0 Å². The van der Waals surface area contributed by atoms with Crippen LogP contribution in [0.1, 0.15) is 19.0 Å². The van der Waals surface area contributed by atoms with Gasteiger partial charge in [-0.2, -0.15) is 4.98 Å². The minimum atomic E-state index is -0.424. The summed E-state index contributed by atoms with van der Waals surface area (Å²) >= 11 is 5.88.